The van der Waals surface area contributed by atoms with Crippen molar-refractivity contribution in [1.82, 2.24) is 0 Å². The van der Waals surface area contributed by atoms with Crippen LogP contribution in [-0.2, 0) is 23.8 Å². The number of aliphatic hydroxyl groups is 3. The predicted molar refractivity (Wildman–Crippen MR) is 111 cm³/mol. The second kappa shape index (κ2) is 6.56. The van der Waals surface area contributed by atoms with E-state index in [9.17, 15) is 24.9 Å². The van der Waals surface area contributed by atoms with Gasteiger partial charge in [0.25, 0.3) is 0 Å². The molecule has 2 saturated heterocycles. The topological polar surface area (TPSA) is 123 Å². The van der Waals surface area contributed by atoms with E-state index in [2.05, 4.69) is 20.4 Å². The molecule has 178 valence electrons. The number of carbonyl (C=O) groups is 2. The first-order chi connectivity index (χ1) is 14.8. The van der Waals surface area contributed by atoms with Crippen LogP contribution < -0.4 is 0 Å². The van der Waals surface area contributed by atoms with Gasteiger partial charge in [0.2, 0.25) is 5.79 Å². The number of hydrogen-bond donors (Lipinski definition) is 3. The van der Waals surface area contributed by atoms with E-state index in [0.29, 0.717) is 18.4 Å². The van der Waals surface area contributed by atoms with Crippen molar-refractivity contribution in [3.05, 3.63) is 12.2 Å². The third-order valence-electron chi connectivity index (χ3n) is 9.55. The molecular formula is C24H34O8. The molecule has 6 aliphatic rings. The first-order valence-electron chi connectivity index (χ1n) is 11.6. The fourth-order valence-corrected chi connectivity index (χ4v) is 8.87. The maximum Gasteiger partial charge on any atom is 0.303 e. The third-order valence-corrected chi connectivity index (χ3v) is 9.55. The van der Waals surface area contributed by atoms with E-state index in [4.69, 9.17) is 14.2 Å². The highest BCUT2D eigenvalue weighted by Gasteiger charge is 2.88. The molecule has 4 bridgehead atoms. The van der Waals surface area contributed by atoms with Gasteiger partial charge in [-0.25, -0.2) is 0 Å². The number of ether oxygens (including phenoxy) is 3. The van der Waals surface area contributed by atoms with Crippen molar-refractivity contribution in [2.75, 3.05) is 6.61 Å². The minimum atomic E-state index is -2.15. The van der Waals surface area contributed by atoms with Crippen molar-refractivity contribution in [1.29, 1.82) is 0 Å². The van der Waals surface area contributed by atoms with E-state index < -0.39 is 64.8 Å². The molecule has 4 aliphatic carbocycles. The van der Waals surface area contributed by atoms with E-state index >= 15 is 0 Å². The van der Waals surface area contributed by atoms with E-state index in [1.165, 1.54) is 13.8 Å². The Hall–Kier alpha value is -1.48. The minimum Gasteiger partial charge on any atom is -0.462 e. The van der Waals surface area contributed by atoms with Crippen LogP contribution in [0.25, 0.3) is 0 Å². The standard InChI is InChI=1S/C24H34O8/c1-11-14-9-15(31-12(2)25)16-22-8-6-7-21(4,5)17(22)20(32-13(3)26)24(29,30-10-22)23(16,18(11)27)19(14)28/h14-20,27-29H,1,6-10H2,2-5H3/t14-,15-,16-,17+,18-,19+,20-,22+,23-,24-/m0/s1. The maximum atomic E-state index is 12.3. The Morgan fingerprint density at radius 1 is 1.09 bits per heavy atom. The highest BCUT2D eigenvalue weighted by atomic mass is 16.7. The van der Waals surface area contributed by atoms with Crippen LogP contribution in [0.4, 0.5) is 0 Å². The third kappa shape index (κ3) is 2.32. The van der Waals surface area contributed by atoms with Crippen LogP contribution in [-0.4, -0.2) is 64.1 Å². The summed E-state index contributed by atoms with van der Waals surface area (Å²) in [4.78, 5) is 24.3. The normalized spacial score (nSPS) is 52.7. The Morgan fingerprint density at radius 2 is 1.75 bits per heavy atom. The Kier molecular flexibility index (Phi) is 4.57. The van der Waals surface area contributed by atoms with Gasteiger partial charge in [0.1, 0.15) is 6.10 Å². The van der Waals surface area contributed by atoms with E-state index in [1.807, 2.05) is 0 Å². The molecule has 6 fully saturated rings. The molecule has 0 aromatic heterocycles. The van der Waals surface area contributed by atoms with Gasteiger partial charge in [-0.2, -0.15) is 0 Å². The molecule has 0 aromatic carbocycles. The highest BCUT2D eigenvalue weighted by Crippen LogP contribution is 2.78. The molecule has 4 saturated carbocycles. The van der Waals surface area contributed by atoms with Crippen LogP contribution in [0.1, 0.15) is 53.4 Å². The van der Waals surface area contributed by atoms with Crippen molar-refractivity contribution in [2.45, 2.75) is 83.6 Å². The smallest absolute Gasteiger partial charge is 0.303 e. The molecule has 0 unspecified atom stereocenters. The van der Waals surface area contributed by atoms with Gasteiger partial charge >= 0.3 is 11.9 Å². The molecular weight excluding hydrogens is 416 g/mol. The summed E-state index contributed by atoms with van der Waals surface area (Å²) in [6, 6.07) is 0. The molecule has 2 aliphatic heterocycles. The molecule has 0 aromatic rings. The van der Waals surface area contributed by atoms with Crippen LogP contribution in [0.2, 0.25) is 0 Å². The van der Waals surface area contributed by atoms with E-state index in [-0.39, 0.29) is 17.9 Å². The van der Waals surface area contributed by atoms with Gasteiger partial charge < -0.3 is 29.5 Å². The maximum absolute atomic E-state index is 12.3. The summed E-state index contributed by atoms with van der Waals surface area (Å²) >= 11 is 0. The minimum absolute atomic E-state index is 0.177. The lowest BCUT2D eigenvalue weighted by atomic mass is 9.35. The van der Waals surface area contributed by atoms with Gasteiger partial charge in [-0.15, -0.1) is 0 Å². The SMILES string of the molecule is C=C1[C@@H]2C[C@H](OC(C)=O)[C@H]3[C@]45CCCC(C)(C)[C@H]4[C@H](OC(C)=O)[C@](O)(OC5)[C@]3([C@@H]2O)[C@H]1O. The predicted octanol–water partition coefficient (Wildman–Crippen LogP) is 1.31. The summed E-state index contributed by atoms with van der Waals surface area (Å²) < 4.78 is 17.8. The lowest BCUT2D eigenvalue weighted by Gasteiger charge is -2.75. The quantitative estimate of drug-likeness (QED) is 0.425. The average Bonchev–Trinajstić information content (AvgIpc) is 2.78. The molecule has 0 amide bonds. The van der Waals surface area contributed by atoms with Crippen molar-refractivity contribution in [3.63, 3.8) is 0 Å². The zero-order valence-electron chi connectivity index (χ0n) is 19.2. The molecule has 2 spiro atoms. The van der Waals surface area contributed by atoms with Crippen molar-refractivity contribution in [3.8, 4) is 0 Å². The molecule has 3 N–H and O–H groups in total. The Morgan fingerprint density at radius 3 is 2.38 bits per heavy atom. The zero-order valence-corrected chi connectivity index (χ0v) is 19.2. The van der Waals surface area contributed by atoms with Gasteiger partial charge in [-0.3, -0.25) is 9.59 Å². The molecule has 10 atom stereocenters. The summed E-state index contributed by atoms with van der Waals surface area (Å²) in [5.41, 5.74) is -2.20. The summed E-state index contributed by atoms with van der Waals surface area (Å²) in [7, 11) is 0. The highest BCUT2D eigenvalue weighted by molar-refractivity contribution is 5.67. The van der Waals surface area contributed by atoms with Crippen LogP contribution in [0.15, 0.2) is 12.2 Å². The van der Waals surface area contributed by atoms with Crippen molar-refractivity contribution in [2.24, 2.45) is 34.0 Å². The van der Waals surface area contributed by atoms with Crippen LogP contribution in [0.5, 0.6) is 0 Å². The summed E-state index contributed by atoms with van der Waals surface area (Å²) in [6.07, 6.45) is -1.42. The van der Waals surface area contributed by atoms with Gasteiger partial charge in [0.15, 0.2) is 6.10 Å². The van der Waals surface area contributed by atoms with Crippen LogP contribution in [0.3, 0.4) is 0 Å². The first kappa shape index (κ1) is 22.3. The average molecular weight is 451 g/mol. The first-order valence-corrected chi connectivity index (χ1v) is 11.6. The largest absolute Gasteiger partial charge is 0.462 e. The molecule has 0 radical (unpaired) electrons. The molecule has 6 rings (SSSR count). The fourth-order valence-electron chi connectivity index (χ4n) is 8.87. The van der Waals surface area contributed by atoms with E-state index in [1.54, 1.807) is 0 Å². The van der Waals surface area contributed by atoms with Gasteiger partial charge in [-0.05, 0) is 30.3 Å². The Labute approximate surface area is 187 Å². The van der Waals surface area contributed by atoms with Crippen LogP contribution >= 0.6 is 0 Å². The summed E-state index contributed by atoms with van der Waals surface area (Å²) in [5, 5.41) is 35.4. The molecule has 8 heteroatoms. The number of carbonyl (C=O) groups excluding carboxylic acids is 2. The lowest BCUT2D eigenvalue weighted by molar-refractivity contribution is -0.474. The zero-order chi connectivity index (χ0) is 23.4. The van der Waals surface area contributed by atoms with Crippen molar-refractivity contribution >= 4 is 11.9 Å². The van der Waals surface area contributed by atoms with Crippen LogP contribution in [0, 0.1) is 34.0 Å². The number of rotatable bonds is 2. The number of aliphatic hydroxyl groups excluding tert-OH is 2. The second-order valence-corrected chi connectivity index (χ2v) is 11.4. The monoisotopic (exact) mass is 450 g/mol. The molecule has 32 heavy (non-hydrogen) atoms. The summed E-state index contributed by atoms with van der Waals surface area (Å²) in [6.45, 7) is 11.0. The number of esters is 2. The van der Waals surface area contributed by atoms with Gasteiger partial charge in [0, 0.05) is 37.0 Å². The van der Waals surface area contributed by atoms with Gasteiger partial charge in [-0.1, -0.05) is 26.8 Å². The second-order valence-electron chi connectivity index (χ2n) is 11.4. The Bertz CT molecular complexity index is 883. The summed E-state index contributed by atoms with van der Waals surface area (Å²) in [5.74, 6) is -4.61. The molecule has 8 nitrogen and oxygen atoms in total. The Balaban J connectivity index is 1.81. The fraction of sp³-hybridized carbons (Fsp3) is 0.833. The van der Waals surface area contributed by atoms with E-state index in [0.717, 1.165) is 12.8 Å². The number of fused-ring (bicyclic) bond motifs is 2. The van der Waals surface area contributed by atoms with Gasteiger partial charge in [0.05, 0.1) is 24.2 Å². The van der Waals surface area contributed by atoms with Crippen molar-refractivity contribution < 1.29 is 39.1 Å². The number of hydrogen-bond acceptors (Lipinski definition) is 8. The lowest BCUT2D eigenvalue weighted by Crippen LogP contribution is -2.86. The molecule has 2 heterocycles.